The van der Waals surface area contributed by atoms with E-state index >= 15 is 0 Å². The number of aliphatic hydroxyl groups is 5. The van der Waals surface area contributed by atoms with Crippen LogP contribution in [0, 0.1) is 0 Å². The summed E-state index contributed by atoms with van der Waals surface area (Å²) in [5.41, 5.74) is 0. The molecule has 1 aliphatic heterocycles. The number of hydrogen-bond donors (Lipinski definition) is 6. The predicted molar refractivity (Wildman–Crippen MR) is 306 cm³/mol. The van der Waals surface area contributed by atoms with Crippen LogP contribution in [0.5, 0.6) is 0 Å². The normalized spacial score (nSPS) is 19.1. The molecule has 7 unspecified atom stereocenters. The van der Waals surface area contributed by atoms with Gasteiger partial charge in [0.1, 0.15) is 24.4 Å². The summed E-state index contributed by atoms with van der Waals surface area (Å²) in [4.78, 5) is 25.0. The highest BCUT2D eigenvalue weighted by Gasteiger charge is 2.44. The van der Waals surface area contributed by atoms with Crippen molar-refractivity contribution in [2.75, 3.05) is 19.8 Å². The second kappa shape index (κ2) is 52.7. The smallest absolute Gasteiger partial charge is 0.305 e. The highest BCUT2D eigenvalue weighted by Crippen LogP contribution is 2.23. The van der Waals surface area contributed by atoms with E-state index < -0.39 is 49.5 Å². The Morgan fingerprint density at radius 1 is 0.486 bits per heavy atom. The Kier molecular flexibility index (Phi) is 49.6. The Morgan fingerprint density at radius 3 is 1.38 bits per heavy atom. The molecule has 0 radical (unpaired) electrons. The first-order valence-corrected chi connectivity index (χ1v) is 30.9. The van der Waals surface area contributed by atoms with Crippen molar-refractivity contribution in [1.29, 1.82) is 0 Å². The van der Waals surface area contributed by atoms with Crippen molar-refractivity contribution in [3.63, 3.8) is 0 Å². The Morgan fingerprint density at radius 2 is 0.892 bits per heavy atom. The number of carbonyl (C=O) groups excluding carboxylic acids is 2. The van der Waals surface area contributed by atoms with Gasteiger partial charge in [-0.2, -0.15) is 0 Å². The molecule has 1 amide bonds. The first-order valence-electron chi connectivity index (χ1n) is 30.9. The summed E-state index contributed by atoms with van der Waals surface area (Å²) in [5, 5.41) is 54.3. The average molecular weight is 1050 g/mol. The Labute approximate surface area is 453 Å². The van der Waals surface area contributed by atoms with Gasteiger partial charge in [-0.1, -0.05) is 236 Å². The van der Waals surface area contributed by atoms with Gasteiger partial charge < -0.3 is 45.1 Å². The zero-order valence-electron chi connectivity index (χ0n) is 47.6. The molecule has 1 fully saturated rings. The van der Waals surface area contributed by atoms with E-state index in [2.05, 4.69) is 55.6 Å². The van der Waals surface area contributed by atoms with Crippen LogP contribution in [0.25, 0.3) is 0 Å². The average Bonchev–Trinajstić information content (AvgIpc) is 3.40. The van der Waals surface area contributed by atoms with Gasteiger partial charge in [0.05, 0.1) is 32.0 Å². The lowest BCUT2D eigenvalue weighted by Crippen LogP contribution is -2.60. The van der Waals surface area contributed by atoms with Crippen molar-refractivity contribution < 1.29 is 49.3 Å². The molecule has 1 saturated heterocycles. The number of amides is 1. The van der Waals surface area contributed by atoms with Gasteiger partial charge in [-0.05, 0) is 77.0 Å². The van der Waals surface area contributed by atoms with E-state index in [4.69, 9.17) is 14.2 Å². The molecular formula is C63H115NO10. The minimum Gasteiger partial charge on any atom is -0.466 e. The molecule has 11 nitrogen and oxygen atoms in total. The third-order valence-electron chi connectivity index (χ3n) is 14.4. The number of unbranched alkanes of at least 4 members (excludes halogenated alkanes) is 33. The molecule has 0 bridgehead atoms. The highest BCUT2D eigenvalue weighted by atomic mass is 16.7. The van der Waals surface area contributed by atoms with Gasteiger partial charge in [-0.15, -0.1) is 0 Å². The fourth-order valence-electron chi connectivity index (χ4n) is 9.45. The van der Waals surface area contributed by atoms with E-state index in [-0.39, 0.29) is 18.5 Å². The SMILES string of the molecule is CCCC/C=C/CC/C=C/CC/C=C/C(O)C(COC1OC(CO)C(O)C(O)C1O)NC(=O)CCCCCCCCC/C=C\CCCCCCCCCCCCCCOC(=O)CCCCCCCCCCCCC. The maximum Gasteiger partial charge on any atom is 0.305 e. The van der Waals surface area contributed by atoms with E-state index in [1.54, 1.807) is 6.08 Å². The first-order chi connectivity index (χ1) is 36.2. The van der Waals surface area contributed by atoms with Gasteiger partial charge in [-0.3, -0.25) is 9.59 Å². The maximum absolute atomic E-state index is 13.0. The van der Waals surface area contributed by atoms with Crippen molar-refractivity contribution >= 4 is 11.9 Å². The number of allylic oxidation sites excluding steroid dienone is 7. The molecule has 0 aromatic carbocycles. The molecule has 0 aromatic rings. The maximum atomic E-state index is 13.0. The number of rotatable bonds is 53. The number of nitrogens with one attached hydrogen (secondary N) is 1. The minimum absolute atomic E-state index is 0.00173. The third-order valence-corrected chi connectivity index (χ3v) is 14.4. The Hall–Kier alpha value is -2.38. The molecule has 6 N–H and O–H groups in total. The molecule has 1 rings (SSSR count). The summed E-state index contributed by atoms with van der Waals surface area (Å²) in [6.07, 6.45) is 56.4. The molecule has 0 aromatic heterocycles. The molecule has 0 saturated carbocycles. The third kappa shape index (κ3) is 41.7. The zero-order chi connectivity index (χ0) is 53.8. The number of hydrogen-bond acceptors (Lipinski definition) is 10. The van der Waals surface area contributed by atoms with E-state index in [0.717, 1.165) is 83.5 Å². The summed E-state index contributed by atoms with van der Waals surface area (Å²) < 4.78 is 16.7. The molecule has 0 aliphatic carbocycles. The van der Waals surface area contributed by atoms with Gasteiger partial charge in [0.15, 0.2) is 6.29 Å². The van der Waals surface area contributed by atoms with E-state index in [1.807, 2.05) is 6.08 Å². The number of carbonyl (C=O) groups is 2. The van der Waals surface area contributed by atoms with E-state index in [0.29, 0.717) is 19.4 Å². The van der Waals surface area contributed by atoms with Crippen molar-refractivity contribution in [3.05, 3.63) is 48.6 Å². The van der Waals surface area contributed by atoms with Crippen LogP contribution >= 0.6 is 0 Å². The number of aliphatic hydroxyl groups excluding tert-OH is 5. The zero-order valence-corrected chi connectivity index (χ0v) is 47.6. The molecule has 0 spiro atoms. The van der Waals surface area contributed by atoms with Crippen molar-refractivity contribution in [3.8, 4) is 0 Å². The number of esters is 1. The fraction of sp³-hybridized carbons (Fsp3) is 0.841. The Bertz CT molecular complexity index is 1370. The monoisotopic (exact) mass is 1050 g/mol. The molecule has 1 aliphatic rings. The van der Waals surface area contributed by atoms with Crippen LogP contribution in [0.1, 0.15) is 277 Å². The van der Waals surface area contributed by atoms with Crippen molar-refractivity contribution in [1.82, 2.24) is 5.32 Å². The predicted octanol–water partition coefficient (Wildman–Crippen LogP) is 14.5. The summed E-state index contributed by atoms with van der Waals surface area (Å²) in [6, 6.07) is -0.839. The van der Waals surface area contributed by atoms with Crippen LogP contribution in [-0.4, -0.2) is 100 Å². The molecule has 1 heterocycles. The molecular weight excluding hydrogens is 931 g/mol. The van der Waals surface area contributed by atoms with Crippen LogP contribution in [-0.2, 0) is 23.8 Å². The van der Waals surface area contributed by atoms with Crippen LogP contribution < -0.4 is 5.32 Å². The lowest BCUT2D eigenvalue weighted by molar-refractivity contribution is -0.302. The molecule has 7 atom stereocenters. The van der Waals surface area contributed by atoms with Gasteiger partial charge >= 0.3 is 5.97 Å². The molecule has 432 valence electrons. The van der Waals surface area contributed by atoms with Gasteiger partial charge in [0, 0.05) is 12.8 Å². The lowest BCUT2D eigenvalue weighted by Gasteiger charge is -2.40. The minimum atomic E-state index is -1.58. The van der Waals surface area contributed by atoms with Gasteiger partial charge in [0.25, 0.3) is 0 Å². The van der Waals surface area contributed by atoms with Gasteiger partial charge in [0.2, 0.25) is 5.91 Å². The van der Waals surface area contributed by atoms with E-state index in [9.17, 15) is 35.1 Å². The molecule has 74 heavy (non-hydrogen) atoms. The van der Waals surface area contributed by atoms with E-state index in [1.165, 1.54) is 167 Å². The second-order valence-corrected chi connectivity index (χ2v) is 21.4. The topological polar surface area (TPSA) is 175 Å². The molecule has 11 heteroatoms. The van der Waals surface area contributed by atoms with Crippen LogP contribution in [0.3, 0.4) is 0 Å². The van der Waals surface area contributed by atoms with Crippen molar-refractivity contribution in [2.24, 2.45) is 0 Å². The second-order valence-electron chi connectivity index (χ2n) is 21.4. The lowest BCUT2D eigenvalue weighted by atomic mass is 9.99. The largest absolute Gasteiger partial charge is 0.466 e. The van der Waals surface area contributed by atoms with Crippen LogP contribution in [0.4, 0.5) is 0 Å². The van der Waals surface area contributed by atoms with Crippen LogP contribution in [0.15, 0.2) is 48.6 Å². The standard InChI is InChI=1S/C63H115NO10/c1-3-5-7-9-11-13-15-30-33-37-41-45-49-56(66)55(54-73-63-62(71)61(70)60(69)57(53-65)74-63)64-58(67)50-46-42-38-34-31-27-25-23-21-19-17-16-18-20-22-24-26-28-32-36-40-44-48-52-72-59(68)51-47-43-39-35-29-14-12-10-8-6-4-2/h9,11,19,21,30,33,45,49,55-57,60-63,65-66,69-71H,3-8,10,12-18,20,22-29,31-32,34-44,46-48,50-54H2,1-2H3,(H,64,67)/b11-9+,21-19-,33-30+,49-45+. The van der Waals surface area contributed by atoms with Crippen molar-refractivity contribution in [2.45, 2.75) is 320 Å². The van der Waals surface area contributed by atoms with Gasteiger partial charge in [-0.25, -0.2) is 0 Å². The number of ether oxygens (including phenoxy) is 3. The summed E-state index contributed by atoms with van der Waals surface area (Å²) >= 11 is 0. The summed E-state index contributed by atoms with van der Waals surface area (Å²) in [6.45, 7) is 4.27. The first kappa shape index (κ1) is 69.6. The van der Waals surface area contributed by atoms with Crippen LogP contribution in [0.2, 0.25) is 0 Å². The Balaban J connectivity index is 2.06. The summed E-state index contributed by atoms with van der Waals surface area (Å²) in [5.74, 6) is -0.206. The quantitative estimate of drug-likeness (QED) is 0.0195. The summed E-state index contributed by atoms with van der Waals surface area (Å²) in [7, 11) is 0. The fourth-order valence-corrected chi connectivity index (χ4v) is 9.45. The highest BCUT2D eigenvalue weighted by molar-refractivity contribution is 5.76.